The minimum Gasteiger partial charge on any atom is -0.346 e. The maximum absolute atomic E-state index is 12.3. The highest BCUT2D eigenvalue weighted by molar-refractivity contribution is 7.16. The van der Waals surface area contributed by atoms with E-state index in [2.05, 4.69) is 24.9 Å². The third kappa shape index (κ3) is 2.49. The number of thiazole rings is 1. The number of hydrogen-bond acceptors (Lipinski definition) is 5. The highest BCUT2D eigenvalue weighted by atomic mass is 32.1. The van der Waals surface area contributed by atoms with E-state index in [0.717, 1.165) is 21.3 Å². The zero-order valence-corrected chi connectivity index (χ0v) is 14.6. The standard InChI is InChI=1S/C19H10N6OS/c1-20-12-8-23-25(9-12)19-13(7-14-16(26)4-5-21-18(14)24-19)11-2-3-15-17(6-11)27-10-22-15/h2-10H,(H,21,24,26). The average Bonchev–Trinajstić information content (AvgIpc) is 3.36. The number of benzene rings is 1. The van der Waals surface area contributed by atoms with Gasteiger partial charge in [-0.1, -0.05) is 6.07 Å². The van der Waals surface area contributed by atoms with Crippen molar-refractivity contribution in [1.29, 1.82) is 0 Å². The van der Waals surface area contributed by atoms with Gasteiger partial charge in [0.1, 0.15) is 5.65 Å². The molecule has 1 N–H and O–H groups in total. The summed E-state index contributed by atoms with van der Waals surface area (Å²) in [5.74, 6) is 0.545. The van der Waals surface area contributed by atoms with Crippen molar-refractivity contribution in [3.8, 4) is 16.9 Å². The smallest absolute Gasteiger partial charge is 0.224 e. The number of rotatable bonds is 2. The van der Waals surface area contributed by atoms with Crippen molar-refractivity contribution in [3.63, 3.8) is 0 Å². The van der Waals surface area contributed by atoms with Gasteiger partial charge in [0.25, 0.3) is 0 Å². The van der Waals surface area contributed by atoms with Crippen molar-refractivity contribution in [2.24, 2.45) is 0 Å². The molecule has 0 saturated heterocycles. The van der Waals surface area contributed by atoms with Crippen molar-refractivity contribution < 1.29 is 0 Å². The van der Waals surface area contributed by atoms with Crippen LogP contribution in [0.2, 0.25) is 0 Å². The van der Waals surface area contributed by atoms with E-state index < -0.39 is 0 Å². The normalized spacial score (nSPS) is 11.1. The monoisotopic (exact) mass is 370 g/mol. The molecule has 0 bridgehead atoms. The third-order valence-electron chi connectivity index (χ3n) is 4.28. The van der Waals surface area contributed by atoms with Gasteiger partial charge in [-0.2, -0.15) is 5.10 Å². The molecule has 4 heterocycles. The first-order valence-electron chi connectivity index (χ1n) is 8.01. The lowest BCUT2D eigenvalue weighted by Gasteiger charge is -2.11. The Hall–Kier alpha value is -3.83. The van der Waals surface area contributed by atoms with E-state index in [1.54, 1.807) is 33.9 Å². The molecule has 0 amide bonds. The van der Waals surface area contributed by atoms with Crippen molar-refractivity contribution in [2.75, 3.05) is 0 Å². The number of nitrogens with one attached hydrogen (secondary N) is 1. The number of pyridine rings is 2. The molecule has 0 spiro atoms. The van der Waals surface area contributed by atoms with E-state index in [1.165, 1.54) is 12.3 Å². The Morgan fingerprint density at radius 1 is 1.22 bits per heavy atom. The molecule has 0 unspecified atom stereocenters. The number of aromatic nitrogens is 5. The lowest BCUT2D eigenvalue weighted by molar-refractivity contribution is 0.853. The molecule has 0 aliphatic rings. The fourth-order valence-electron chi connectivity index (χ4n) is 2.98. The fourth-order valence-corrected chi connectivity index (χ4v) is 3.70. The number of H-pyrrole nitrogens is 1. The van der Waals surface area contributed by atoms with Gasteiger partial charge in [-0.05, 0) is 23.8 Å². The Kier molecular flexibility index (Phi) is 3.35. The summed E-state index contributed by atoms with van der Waals surface area (Å²) >= 11 is 1.55. The van der Waals surface area contributed by atoms with Crippen LogP contribution in [0.15, 0.2) is 59.2 Å². The predicted molar refractivity (Wildman–Crippen MR) is 104 cm³/mol. The van der Waals surface area contributed by atoms with E-state index in [-0.39, 0.29) is 5.43 Å². The van der Waals surface area contributed by atoms with Crippen LogP contribution < -0.4 is 5.43 Å². The number of fused-ring (bicyclic) bond motifs is 2. The van der Waals surface area contributed by atoms with Crippen LogP contribution in [0.25, 0.3) is 43.0 Å². The van der Waals surface area contributed by atoms with E-state index in [1.807, 2.05) is 24.3 Å². The quantitative estimate of drug-likeness (QED) is 0.477. The molecule has 27 heavy (non-hydrogen) atoms. The van der Waals surface area contributed by atoms with Crippen molar-refractivity contribution in [2.45, 2.75) is 0 Å². The minimum absolute atomic E-state index is 0.106. The van der Waals surface area contributed by atoms with E-state index in [4.69, 9.17) is 6.57 Å². The summed E-state index contributed by atoms with van der Waals surface area (Å²) in [6.45, 7) is 7.17. The summed E-state index contributed by atoms with van der Waals surface area (Å²) in [4.78, 5) is 27.6. The second kappa shape index (κ2) is 5.86. The van der Waals surface area contributed by atoms with Gasteiger partial charge in [0, 0.05) is 24.0 Å². The summed E-state index contributed by atoms with van der Waals surface area (Å²) in [7, 11) is 0. The van der Waals surface area contributed by atoms with E-state index in [0.29, 0.717) is 22.5 Å². The molecular weight excluding hydrogens is 360 g/mol. The molecule has 128 valence electrons. The van der Waals surface area contributed by atoms with Gasteiger partial charge in [0.2, 0.25) is 5.69 Å². The first-order valence-corrected chi connectivity index (χ1v) is 8.89. The Labute approximate surface area is 156 Å². The van der Waals surface area contributed by atoms with Gasteiger partial charge in [-0.15, -0.1) is 11.3 Å². The highest BCUT2D eigenvalue weighted by Gasteiger charge is 2.15. The van der Waals surface area contributed by atoms with Gasteiger partial charge in [-0.25, -0.2) is 19.5 Å². The Morgan fingerprint density at radius 3 is 3.00 bits per heavy atom. The molecule has 0 aliphatic carbocycles. The van der Waals surface area contributed by atoms with Crippen LogP contribution in [0.3, 0.4) is 0 Å². The first-order chi connectivity index (χ1) is 13.2. The molecule has 5 aromatic rings. The maximum atomic E-state index is 12.3. The van der Waals surface area contributed by atoms with Gasteiger partial charge in [0.15, 0.2) is 11.2 Å². The van der Waals surface area contributed by atoms with Crippen molar-refractivity contribution in [3.05, 3.63) is 76.1 Å². The molecule has 5 rings (SSSR count). The Bertz CT molecular complexity index is 1420. The number of nitrogens with zero attached hydrogens (tertiary/aromatic N) is 5. The van der Waals surface area contributed by atoms with E-state index in [9.17, 15) is 4.79 Å². The third-order valence-corrected chi connectivity index (χ3v) is 5.07. The van der Waals surface area contributed by atoms with Crippen molar-refractivity contribution in [1.82, 2.24) is 24.7 Å². The van der Waals surface area contributed by atoms with Crippen LogP contribution in [0.5, 0.6) is 0 Å². The summed E-state index contributed by atoms with van der Waals surface area (Å²) in [6, 6.07) is 9.21. The van der Waals surface area contributed by atoms with Crippen molar-refractivity contribution >= 4 is 38.3 Å². The van der Waals surface area contributed by atoms with Crippen LogP contribution in [-0.2, 0) is 0 Å². The van der Waals surface area contributed by atoms with Crippen LogP contribution in [-0.4, -0.2) is 24.7 Å². The molecule has 0 radical (unpaired) electrons. The van der Waals surface area contributed by atoms with Crippen LogP contribution in [0.4, 0.5) is 5.69 Å². The molecule has 7 nitrogen and oxygen atoms in total. The number of hydrogen-bond donors (Lipinski definition) is 1. The summed E-state index contributed by atoms with van der Waals surface area (Å²) < 4.78 is 2.60. The van der Waals surface area contributed by atoms with Crippen LogP contribution in [0.1, 0.15) is 0 Å². The molecule has 4 aromatic heterocycles. The summed E-state index contributed by atoms with van der Waals surface area (Å²) in [6.07, 6.45) is 4.68. The zero-order chi connectivity index (χ0) is 18.4. The average molecular weight is 370 g/mol. The maximum Gasteiger partial charge on any atom is 0.224 e. The molecule has 8 heteroatoms. The Balaban J connectivity index is 1.84. The van der Waals surface area contributed by atoms with Gasteiger partial charge < -0.3 is 4.98 Å². The van der Waals surface area contributed by atoms with Gasteiger partial charge >= 0.3 is 0 Å². The molecule has 1 aromatic carbocycles. The lowest BCUT2D eigenvalue weighted by Crippen LogP contribution is -2.07. The summed E-state index contributed by atoms with van der Waals surface area (Å²) in [5, 5.41) is 4.76. The Morgan fingerprint density at radius 2 is 2.15 bits per heavy atom. The largest absolute Gasteiger partial charge is 0.346 e. The van der Waals surface area contributed by atoms with E-state index >= 15 is 0 Å². The topological polar surface area (TPSA) is 80.8 Å². The SMILES string of the molecule is [C-]#[N+]c1cnn(-c2nc3[nH]ccc(=O)c3cc2-c2ccc3ncsc3c2)c1. The van der Waals surface area contributed by atoms with Gasteiger partial charge in [-0.3, -0.25) is 4.79 Å². The second-order valence-electron chi connectivity index (χ2n) is 5.89. The summed E-state index contributed by atoms with van der Waals surface area (Å²) in [5.41, 5.74) is 5.17. The molecule has 0 aliphatic heterocycles. The van der Waals surface area contributed by atoms with Gasteiger partial charge in [0.05, 0.1) is 33.9 Å². The number of aromatic amines is 1. The predicted octanol–water partition coefficient (Wildman–Crippen LogP) is 3.94. The second-order valence-corrected chi connectivity index (χ2v) is 6.77. The first kappa shape index (κ1) is 15.4. The molecule has 0 atom stereocenters. The zero-order valence-electron chi connectivity index (χ0n) is 13.7. The molecular formula is C19H10N6OS. The van der Waals surface area contributed by atoms with Crippen LogP contribution in [0, 0.1) is 6.57 Å². The molecule has 0 fully saturated rings. The van der Waals surface area contributed by atoms with Crippen LogP contribution >= 0.6 is 11.3 Å². The highest BCUT2D eigenvalue weighted by Crippen LogP contribution is 2.31. The minimum atomic E-state index is -0.106. The lowest BCUT2D eigenvalue weighted by atomic mass is 10.0. The molecule has 0 saturated carbocycles. The fraction of sp³-hybridized carbons (Fsp3) is 0.